The minimum atomic E-state index is 0.461. The van der Waals surface area contributed by atoms with Crippen molar-refractivity contribution in [2.75, 3.05) is 38.3 Å². The fourth-order valence-electron chi connectivity index (χ4n) is 2.21. The number of aromatic nitrogens is 2. The first-order valence-electron chi connectivity index (χ1n) is 6.25. The molecule has 0 bridgehead atoms. The number of nitrogens with zero attached hydrogens (tertiary/aromatic N) is 3. The van der Waals surface area contributed by atoms with Crippen molar-refractivity contribution < 1.29 is 4.74 Å². The highest BCUT2D eigenvalue weighted by Gasteiger charge is 2.25. The molecule has 1 fully saturated rings. The van der Waals surface area contributed by atoms with Crippen molar-refractivity contribution in [3.05, 3.63) is 17.4 Å². The summed E-state index contributed by atoms with van der Waals surface area (Å²) in [7, 11) is 1.71. The second-order valence-corrected chi connectivity index (χ2v) is 4.82. The van der Waals surface area contributed by atoms with Crippen LogP contribution in [-0.4, -0.2) is 49.4 Å². The maximum atomic E-state index is 5.80. The Kier molecular flexibility index (Phi) is 5.16. The molecule has 18 heavy (non-hydrogen) atoms. The van der Waals surface area contributed by atoms with Crippen LogP contribution >= 0.6 is 11.6 Å². The van der Waals surface area contributed by atoms with Crippen molar-refractivity contribution >= 4 is 17.5 Å². The summed E-state index contributed by atoms with van der Waals surface area (Å²) < 4.78 is 5.02. The number of hydrogen-bond acceptors (Lipinski definition) is 5. The van der Waals surface area contributed by atoms with Gasteiger partial charge in [-0.15, -0.1) is 0 Å². The minimum Gasteiger partial charge on any atom is -0.383 e. The molecule has 0 spiro atoms. The third-order valence-electron chi connectivity index (χ3n) is 3.10. The molecule has 1 aliphatic heterocycles. The first kappa shape index (κ1) is 13.5. The van der Waals surface area contributed by atoms with E-state index in [1.54, 1.807) is 19.5 Å². The zero-order valence-electron chi connectivity index (χ0n) is 10.6. The molecule has 1 aromatic heterocycles. The van der Waals surface area contributed by atoms with Crippen LogP contribution in [0.25, 0.3) is 0 Å². The van der Waals surface area contributed by atoms with Gasteiger partial charge in [0.25, 0.3) is 0 Å². The zero-order valence-corrected chi connectivity index (χ0v) is 11.4. The molecule has 0 saturated carbocycles. The molecule has 1 atom stereocenters. The van der Waals surface area contributed by atoms with E-state index in [-0.39, 0.29) is 0 Å². The van der Waals surface area contributed by atoms with E-state index in [2.05, 4.69) is 20.2 Å². The van der Waals surface area contributed by atoms with Crippen molar-refractivity contribution in [2.24, 2.45) is 0 Å². The Morgan fingerprint density at radius 2 is 2.28 bits per heavy atom. The Hall–Kier alpha value is -0.910. The van der Waals surface area contributed by atoms with E-state index in [0.29, 0.717) is 11.1 Å². The maximum Gasteiger partial charge on any atom is 0.225 e. The van der Waals surface area contributed by atoms with Crippen molar-refractivity contribution in [2.45, 2.75) is 18.9 Å². The largest absolute Gasteiger partial charge is 0.383 e. The lowest BCUT2D eigenvalue weighted by Crippen LogP contribution is -2.39. The van der Waals surface area contributed by atoms with Gasteiger partial charge in [-0.25, -0.2) is 9.97 Å². The molecule has 0 aromatic carbocycles. The van der Waals surface area contributed by atoms with Crippen LogP contribution in [0.1, 0.15) is 12.8 Å². The number of nitrogens with one attached hydrogen (secondary N) is 1. The van der Waals surface area contributed by atoms with Crippen molar-refractivity contribution in [1.29, 1.82) is 0 Å². The number of ether oxygens (including phenoxy) is 1. The molecule has 1 aliphatic rings. The van der Waals surface area contributed by atoms with Crippen LogP contribution in [0.5, 0.6) is 0 Å². The van der Waals surface area contributed by atoms with Crippen LogP contribution in [0.4, 0.5) is 5.95 Å². The van der Waals surface area contributed by atoms with Crippen LogP contribution in [-0.2, 0) is 4.74 Å². The first-order chi connectivity index (χ1) is 8.81. The third-order valence-corrected chi connectivity index (χ3v) is 3.30. The number of halogens is 1. The summed E-state index contributed by atoms with van der Waals surface area (Å²) in [6.45, 7) is 3.57. The quantitative estimate of drug-likeness (QED) is 0.791. The Labute approximate surface area is 113 Å². The van der Waals surface area contributed by atoms with Gasteiger partial charge >= 0.3 is 0 Å². The van der Waals surface area contributed by atoms with Crippen LogP contribution in [0.3, 0.4) is 0 Å². The monoisotopic (exact) mass is 270 g/mol. The van der Waals surface area contributed by atoms with Crippen LogP contribution in [0, 0.1) is 0 Å². The highest BCUT2D eigenvalue weighted by atomic mass is 35.5. The lowest BCUT2D eigenvalue weighted by atomic mass is 10.2. The Balaban J connectivity index is 1.88. The Morgan fingerprint density at radius 3 is 3.00 bits per heavy atom. The molecular weight excluding hydrogens is 252 g/mol. The van der Waals surface area contributed by atoms with Gasteiger partial charge in [0.15, 0.2) is 0 Å². The van der Waals surface area contributed by atoms with Gasteiger partial charge in [-0.3, -0.25) is 0 Å². The predicted molar refractivity (Wildman–Crippen MR) is 72.2 cm³/mol. The van der Waals surface area contributed by atoms with Gasteiger partial charge in [0.05, 0.1) is 24.0 Å². The standard InChI is InChI=1S/C12H19ClN4O/c1-18-6-4-14-9-11-3-2-5-17(11)12-15-7-10(13)8-16-12/h7-8,11,14H,2-6,9H2,1H3. The SMILES string of the molecule is COCCNCC1CCCN1c1ncc(Cl)cn1. The minimum absolute atomic E-state index is 0.461. The molecule has 2 heterocycles. The van der Waals surface area contributed by atoms with Gasteiger partial charge in [-0.2, -0.15) is 0 Å². The van der Waals surface area contributed by atoms with Gasteiger partial charge in [0.2, 0.25) is 5.95 Å². The van der Waals surface area contributed by atoms with E-state index in [1.165, 1.54) is 12.8 Å². The molecular formula is C12H19ClN4O. The topological polar surface area (TPSA) is 50.3 Å². The van der Waals surface area contributed by atoms with Crippen LogP contribution < -0.4 is 10.2 Å². The summed E-state index contributed by atoms with van der Waals surface area (Å²) in [4.78, 5) is 10.8. The second-order valence-electron chi connectivity index (χ2n) is 4.39. The lowest BCUT2D eigenvalue weighted by Gasteiger charge is -2.24. The van der Waals surface area contributed by atoms with E-state index < -0.39 is 0 Å². The predicted octanol–water partition coefficient (Wildman–Crippen LogP) is 1.33. The molecule has 1 N–H and O–H groups in total. The molecule has 0 amide bonds. The summed E-state index contributed by atoms with van der Waals surface area (Å²) in [6.07, 6.45) is 5.66. The number of rotatable bonds is 6. The molecule has 100 valence electrons. The summed E-state index contributed by atoms with van der Waals surface area (Å²) in [5, 5.41) is 3.97. The summed E-state index contributed by atoms with van der Waals surface area (Å²) in [5.41, 5.74) is 0. The molecule has 0 aliphatic carbocycles. The lowest BCUT2D eigenvalue weighted by molar-refractivity contribution is 0.199. The number of methoxy groups -OCH3 is 1. The Bertz CT molecular complexity index is 360. The smallest absolute Gasteiger partial charge is 0.225 e. The van der Waals surface area contributed by atoms with E-state index in [0.717, 1.165) is 32.2 Å². The normalized spacial score (nSPS) is 19.4. The summed E-state index contributed by atoms with van der Waals surface area (Å²) >= 11 is 5.80. The molecule has 0 radical (unpaired) electrons. The molecule has 1 saturated heterocycles. The average Bonchev–Trinajstić information content (AvgIpc) is 2.84. The molecule has 2 rings (SSSR count). The van der Waals surface area contributed by atoms with E-state index in [4.69, 9.17) is 16.3 Å². The van der Waals surface area contributed by atoms with Crippen molar-refractivity contribution in [3.63, 3.8) is 0 Å². The molecule has 1 aromatic rings. The summed E-state index contributed by atoms with van der Waals surface area (Å²) in [5.74, 6) is 0.774. The van der Waals surface area contributed by atoms with Gasteiger partial charge in [0.1, 0.15) is 0 Å². The molecule has 1 unspecified atom stereocenters. The number of anilines is 1. The van der Waals surface area contributed by atoms with Crippen LogP contribution in [0.2, 0.25) is 5.02 Å². The average molecular weight is 271 g/mol. The van der Waals surface area contributed by atoms with E-state index in [1.807, 2.05) is 0 Å². The molecule has 5 nitrogen and oxygen atoms in total. The van der Waals surface area contributed by atoms with Crippen molar-refractivity contribution in [3.8, 4) is 0 Å². The highest BCUT2D eigenvalue weighted by Crippen LogP contribution is 2.22. The van der Waals surface area contributed by atoms with E-state index >= 15 is 0 Å². The zero-order chi connectivity index (χ0) is 12.8. The second kappa shape index (κ2) is 6.87. The first-order valence-corrected chi connectivity index (χ1v) is 6.63. The highest BCUT2D eigenvalue weighted by molar-refractivity contribution is 6.30. The van der Waals surface area contributed by atoms with Gasteiger partial charge in [0, 0.05) is 32.8 Å². The van der Waals surface area contributed by atoms with Gasteiger partial charge < -0.3 is 15.0 Å². The fourth-order valence-corrected chi connectivity index (χ4v) is 2.31. The van der Waals surface area contributed by atoms with Gasteiger partial charge in [-0.1, -0.05) is 11.6 Å². The third kappa shape index (κ3) is 3.54. The van der Waals surface area contributed by atoms with Crippen LogP contribution in [0.15, 0.2) is 12.4 Å². The van der Waals surface area contributed by atoms with Gasteiger partial charge in [-0.05, 0) is 12.8 Å². The number of hydrogen-bond donors (Lipinski definition) is 1. The summed E-state index contributed by atoms with van der Waals surface area (Å²) in [6, 6.07) is 0.461. The van der Waals surface area contributed by atoms with E-state index in [9.17, 15) is 0 Å². The molecule has 6 heteroatoms. The van der Waals surface area contributed by atoms with Crippen molar-refractivity contribution in [1.82, 2.24) is 15.3 Å². The Morgan fingerprint density at radius 1 is 1.50 bits per heavy atom. The maximum absolute atomic E-state index is 5.80. The fraction of sp³-hybridized carbons (Fsp3) is 0.667.